The zero-order chi connectivity index (χ0) is 10.6. The van der Waals surface area contributed by atoms with E-state index in [1.165, 1.54) is 11.3 Å². The molecule has 0 aliphatic carbocycles. The Bertz CT molecular complexity index is 281. The smallest absolute Gasteiger partial charge is 0.0411 e. The number of rotatable bonds is 4. The third-order valence-corrected chi connectivity index (χ3v) is 2.40. The summed E-state index contributed by atoms with van der Waals surface area (Å²) in [6.07, 6.45) is 1.16. The Balaban J connectivity index is 2.94. The summed E-state index contributed by atoms with van der Waals surface area (Å²) >= 11 is 0. The lowest BCUT2D eigenvalue weighted by atomic mass is 10.1. The number of nitrogens with zero attached hydrogens (tertiary/aromatic N) is 1. The zero-order valence-electron chi connectivity index (χ0n) is 9.33. The van der Waals surface area contributed by atoms with E-state index in [2.05, 4.69) is 37.1 Å². The first-order valence-corrected chi connectivity index (χ1v) is 5.22. The van der Waals surface area contributed by atoms with Crippen LogP contribution in [0.2, 0.25) is 0 Å². The molecule has 0 amide bonds. The Kier molecular flexibility index (Phi) is 3.96. The van der Waals surface area contributed by atoms with Crippen molar-refractivity contribution in [2.24, 2.45) is 5.73 Å². The van der Waals surface area contributed by atoms with Crippen LogP contribution in [0.5, 0.6) is 0 Å². The SMILES string of the molecule is CCCN(C)c1ccccc1C(C)N. The molecule has 0 saturated heterocycles. The zero-order valence-corrected chi connectivity index (χ0v) is 9.33. The highest BCUT2D eigenvalue weighted by Crippen LogP contribution is 2.23. The quantitative estimate of drug-likeness (QED) is 0.794. The van der Waals surface area contributed by atoms with Crippen LogP contribution in [0, 0.1) is 0 Å². The maximum absolute atomic E-state index is 5.92. The molecule has 0 aliphatic rings. The van der Waals surface area contributed by atoms with Gasteiger partial charge in [-0.2, -0.15) is 0 Å². The van der Waals surface area contributed by atoms with Gasteiger partial charge in [-0.05, 0) is 25.0 Å². The first-order chi connectivity index (χ1) is 6.66. The molecule has 2 N–H and O–H groups in total. The lowest BCUT2D eigenvalue weighted by molar-refractivity contribution is 0.791. The lowest BCUT2D eigenvalue weighted by Crippen LogP contribution is -2.21. The fourth-order valence-corrected chi connectivity index (χ4v) is 1.68. The number of hydrogen-bond donors (Lipinski definition) is 1. The van der Waals surface area contributed by atoms with Gasteiger partial charge in [-0.25, -0.2) is 0 Å². The largest absolute Gasteiger partial charge is 0.374 e. The molecule has 0 spiro atoms. The molecule has 14 heavy (non-hydrogen) atoms. The minimum absolute atomic E-state index is 0.102. The van der Waals surface area contributed by atoms with Crippen LogP contribution < -0.4 is 10.6 Å². The molecule has 0 fully saturated rings. The molecule has 1 aromatic rings. The summed E-state index contributed by atoms with van der Waals surface area (Å²) in [5, 5.41) is 0. The van der Waals surface area contributed by atoms with Crippen LogP contribution in [0.15, 0.2) is 24.3 Å². The minimum Gasteiger partial charge on any atom is -0.374 e. The van der Waals surface area contributed by atoms with E-state index in [1.807, 2.05) is 13.0 Å². The highest BCUT2D eigenvalue weighted by molar-refractivity contribution is 5.54. The highest BCUT2D eigenvalue weighted by atomic mass is 15.1. The van der Waals surface area contributed by atoms with Gasteiger partial charge < -0.3 is 10.6 Å². The molecule has 1 unspecified atom stereocenters. The molecule has 0 saturated carbocycles. The lowest BCUT2D eigenvalue weighted by Gasteiger charge is -2.23. The summed E-state index contributed by atoms with van der Waals surface area (Å²) in [7, 11) is 2.12. The normalized spacial score (nSPS) is 12.6. The molecule has 0 radical (unpaired) electrons. The standard InChI is InChI=1S/C12H20N2/c1-4-9-14(3)12-8-6-5-7-11(12)10(2)13/h5-8,10H,4,9,13H2,1-3H3. The molecule has 0 bridgehead atoms. The van der Waals surface area contributed by atoms with Crippen molar-refractivity contribution < 1.29 is 0 Å². The Morgan fingerprint density at radius 1 is 1.36 bits per heavy atom. The van der Waals surface area contributed by atoms with Crippen LogP contribution in [0.4, 0.5) is 5.69 Å². The molecule has 1 rings (SSSR count). The highest BCUT2D eigenvalue weighted by Gasteiger charge is 2.08. The number of nitrogens with two attached hydrogens (primary N) is 1. The van der Waals surface area contributed by atoms with E-state index >= 15 is 0 Å². The Labute approximate surface area is 86.7 Å². The Morgan fingerprint density at radius 2 is 2.00 bits per heavy atom. The van der Waals surface area contributed by atoms with Crippen LogP contribution in [-0.4, -0.2) is 13.6 Å². The first-order valence-electron chi connectivity index (χ1n) is 5.22. The molecule has 0 aliphatic heterocycles. The topological polar surface area (TPSA) is 29.3 Å². The van der Waals surface area contributed by atoms with Gasteiger partial charge >= 0.3 is 0 Å². The van der Waals surface area contributed by atoms with Crippen LogP contribution in [0.1, 0.15) is 31.9 Å². The number of benzene rings is 1. The summed E-state index contributed by atoms with van der Waals surface area (Å²) in [6.45, 7) is 5.29. The summed E-state index contributed by atoms with van der Waals surface area (Å²) in [6, 6.07) is 8.45. The average Bonchev–Trinajstić information content (AvgIpc) is 2.18. The fraction of sp³-hybridized carbons (Fsp3) is 0.500. The molecule has 2 nitrogen and oxygen atoms in total. The van der Waals surface area contributed by atoms with Crippen molar-refractivity contribution in [2.75, 3.05) is 18.5 Å². The van der Waals surface area contributed by atoms with Gasteiger partial charge in [0.05, 0.1) is 0 Å². The number of para-hydroxylation sites is 1. The Morgan fingerprint density at radius 3 is 2.57 bits per heavy atom. The van der Waals surface area contributed by atoms with E-state index in [1.54, 1.807) is 0 Å². The van der Waals surface area contributed by atoms with E-state index in [0.717, 1.165) is 13.0 Å². The molecule has 0 heterocycles. The third kappa shape index (κ3) is 2.48. The number of anilines is 1. The van der Waals surface area contributed by atoms with Gasteiger partial charge in [-0.3, -0.25) is 0 Å². The summed E-state index contributed by atoms with van der Waals surface area (Å²) in [5.41, 5.74) is 8.40. The second kappa shape index (κ2) is 5.01. The molecule has 1 atom stereocenters. The van der Waals surface area contributed by atoms with E-state index in [9.17, 15) is 0 Å². The van der Waals surface area contributed by atoms with Crippen molar-refractivity contribution in [3.05, 3.63) is 29.8 Å². The second-order valence-electron chi connectivity index (χ2n) is 3.77. The van der Waals surface area contributed by atoms with Crippen molar-refractivity contribution in [3.8, 4) is 0 Å². The van der Waals surface area contributed by atoms with Gasteiger partial charge in [-0.15, -0.1) is 0 Å². The Hall–Kier alpha value is -1.02. The van der Waals surface area contributed by atoms with Crippen molar-refractivity contribution in [2.45, 2.75) is 26.3 Å². The maximum Gasteiger partial charge on any atom is 0.0411 e. The fourth-order valence-electron chi connectivity index (χ4n) is 1.68. The van der Waals surface area contributed by atoms with Gasteiger partial charge in [-0.1, -0.05) is 25.1 Å². The summed E-state index contributed by atoms with van der Waals surface area (Å²) in [5.74, 6) is 0. The summed E-state index contributed by atoms with van der Waals surface area (Å²) in [4.78, 5) is 2.26. The van der Waals surface area contributed by atoms with Crippen LogP contribution in [0.3, 0.4) is 0 Å². The minimum atomic E-state index is 0.102. The van der Waals surface area contributed by atoms with Gasteiger partial charge in [0.15, 0.2) is 0 Å². The predicted octanol–water partition coefficient (Wildman–Crippen LogP) is 2.55. The monoisotopic (exact) mass is 192 g/mol. The van der Waals surface area contributed by atoms with Gasteiger partial charge in [0, 0.05) is 25.3 Å². The second-order valence-corrected chi connectivity index (χ2v) is 3.77. The maximum atomic E-state index is 5.92. The van der Waals surface area contributed by atoms with Crippen molar-refractivity contribution in [3.63, 3.8) is 0 Å². The van der Waals surface area contributed by atoms with E-state index in [0.29, 0.717) is 0 Å². The van der Waals surface area contributed by atoms with Gasteiger partial charge in [0.25, 0.3) is 0 Å². The molecule has 78 valence electrons. The number of hydrogen-bond acceptors (Lipinski definition) is 2. The van der Waals surface area contributed by atoms with Crippen molar-refractivity contribution in [1.29, 1.82) is 0 Å². The van der Waals surface area contributed by atoms with Gasteiger partial charge in [0.2, 0.25) is 0 Å². The molecule has 2 heteroatoms. The molecular formula is C12H20N2. The summed E-state index contributed by atoms with van der Waals surface area (Å²) < 4.78 is 0. The van der Waals surface area contributed by atoms with Crippen LogP contribution >= 0.6 is 0 Å². The molecule has 0 aromatic heterocycles. The predicted molar refractivity (Wildman–Crippen MR) is 62.6 cm³/mol. The van der Waals surface area contributed by atoms with E-state index in [-0.39, 0.29) is 6.04 Å². The van der Waals surface area contributed by atoms with Crippen molar-refractivity contribution >= 4 is 5.69 Å². The third-order valence-electron chi connectivity index (χ3n) is 2.40. The molecular weight excluding hydrogens is 172 g/mol. The van der Waals surface area contributed by atoms with Crippen LogP contribution in [-0.2, 0) is 0 Å². The first kappa shape index (κ1) is 11.1. The average molecular weight is 192 g/mol. The van der Waals surface area contributed by atoms with Crippen LogP contribution in [0.25, 0.3) is 0 Å². The van der Waals surface area contributed by atoms with E-state index < -0.39 is 0 Å². The van der Waals surface area contributed by atoms with Crippen molar-refractivity contribution in [1.82, 2.24) is 0 Å². The molecule has 1 aromatic carbocycles. The van der Waals surface area contributed by atoms with Gasteiger partial charge in [0.1, 0.15) is 0 Å². The van der Waals surface area contributed by atoms with E-state index in [4.69, 9.17) is 5.73 Å².